The van der Waals surface area contributed by atoms with E-state index in [1.54, 1.807) is 0 Å². The fourth-order valence-corrected chi connectivity index (χ4v) is 4.43. The summed E-state index contributed by atoms with van der Waals surface area (Å²) < 4.78 is 0. The summed E-state index contributed by atoms with van der Waals surface area (Å²) in [6.07, 6.45) is 2.67. The van der Waals surface area contributed by atoms with Gasteiger partial charge in [-0.25, -0.2) is 0 Å². The molecule has 4 aliphatic rings. The molecule has 4 heteroatoms. The summed E-state index contributed by atoms with van der Waals surface area (Å²) in [6, 6.07) is 2.28. The Kier molecular flexibility index (Phi) is 2.65. The minimum atomic E-state index is 0.740. The molecule has 4 saturated heterocycles. The van der Waals surface area contributed by atoms with Crippen LogP contribution in [0.15, 0.2) is 0 Å². The number of hydrogen-bond donors (Lipinski definition) is 3. The Morgan fingerprint density at radius 1 is 1.06 bits per heavy atom. The van der Waals surface area contributed by atoms with Crippen molar-refractivity contribution in [2.75, 3.05) is 39.3 Å². The summed E-state index contributed by atoms with van der Waals surface area (Å²) in [6.45, 7) is 7.67. The Labute approximate surface area is 104 Å². The molecule has 5 atom stereocenters. The van der Waals surface area contributed by atoms with Gasteiger partial charge in [-0.1, -0.05) is 0 Å². The van der Waals surface area contributed by atoms with Gasteiger partial charge in [0.15, 0.2) is 0 Å². The molecule has 4 rings (SSSR count). The Balaban J connectivity index is 1.31. The number of fused-ring (bicyclic) bond motifs is 2. The van der Waals surface area contributed by atoms with Gasteiger partial charge in [0.05, 0.1) is 0 Å². The highest BCUT2D eigenvalue weighted by Gasteiger charge is 2.40. The van der Waals surface area contributed by atoms with Crippen LogP contribution in [0.4, 0.5) is 0 Å². The molecule has 0 aliphatic carbocycles. The molecular weight excluding hydrogens is 212 g/mol. The van der Waals surface area contributed by atoms with Gasteiger partial charge < -0.3 is 20.9 Å². The largest absolute Gasteiger partial charge is 0.316 e. The van der Waals surface area contributed by atoms with Gasteiger partial charge in [0, 0.05) is 37.8 Å². The van der Waals surface area contributed by atoms with Crippen molar-refractivity contribution in [1.82, 2.24) is 20.9 Å². The van der Waals surface area contributed by atoms with Crippen molar-refractivity contribution in [2.24, 2.45) is 11.8 Å². The lowest BCUT2D eigenvalue weighted by atomic mass is 10.0. The van der Waals surface area contributed by atoms with E-state index in [9.17, 15) is 0 Å². The molecule has 0 bridgehead atoms. The molecule has 0 amide bonds. The molecule has 4 fully saturated rings. The summed E-state index contributed by atoms with van der Waals surface area (Å²) in [5, 5.41) is 11.0. The second kappa shape index (κ2) is 4.19. The van der Waals surface area contributed by atoms with Crippen LogP contribution in [0, 0.1) is 11.8 Å². The summed E-state index contributed by atoms with van der Waals surface area (Å²) >= 11 is 0. The van der Waals surface area contributed by atoms with Crippen molar-refractivity contribution in [3.63, 3.8) is 0 Å². The van der Waals surface area contributed by atoms with Crippen LogP contribution < -0.4 is 16.0 Å². The zero-order valence-corrected chi connectivity index (χ0v) is 10.5. The third-order valence-electron chi connectivity index (χ3n) is 5.28. The summed E-state index contributed by atoms with van der Waals surface area (Å²) in [7, 11) is 0. The fourth-order valence-electron chi connectivity index (χ4n) is 4.43. The topological polar surface area (TPSA) is 39.3 Å². The van der Waals surface area contributed by atoms with Crippen LogP contribution in [0.1, 0.15) is 12.8 Å². The van der Waals surface area contributed by atoms with Gasteiger partial charge >= 0.3 is 0 Å². The minimum Gasteiger partial charge on any atom is -0.316 e. The Hall–Kier alpha value is -0.160. The van der Waals surface area contributed by atoms with Crippen molar-refractivity contribution >= 4 is 0 Å². The third-order valence-corrected chi connectivity index (χ3v) is 5.28. The van der Waals surface area contributed by atoms with Crippen molar-refractivity contribution in [3.05, 3.63) is 0 Å². The molecule has 0 aromatic carbocycles. The molecule has 5 unspecified atom stereocenters. The molecule has 0 aromatic heterocycles. The van der Waals surface area contributed by atoms with Crippen molar-refractivity contribution in [2.45, 2.75) is 31.0 Å². The lowest BCUT2D eigenvalue weighted by Gasteiger charge is -2.22. The highest BCUT2D eigenvalue weighted by molar-refractivity contribution is 5.01. The first-order valence-corrected chi connectivity index (χ1v) is 7.31. The van der Waals surface area contributed by atoms with E-state index < -0.39 is 0 Å². The number of rotatable bonds is 2. The summed E-state index contributed by atoms with van der Waals surface area (Å²) in [5.74, 6) is 1.88. The van der Waals surface area contributed by atoms with Crippen LogP contribution in [0.25, 0.3) is 0 Å². The predicted molar refractivity (Wildman–Crippen MR) is 68.0 cm³/mol. The van der Waals surface area contributed by atoms with Gasteiger partial charge in [-0.2, -0.15) is 0 Å². The first kappa shape index (κ1) is 10.7. The molecule has 3 N–H and O–H groups in total. The van der Waals surface area contributed by atoms with Crippen LogP contribution in [-0.2, 0) is 0 Å². The zero-order valence-electron chi connectivity index (χ0n) is 10.5. The van der Waals surface area contributed by atoms with E-state index in [-0.39, 0.29) is 0 Å². The molecule has 0 saturated carbocycles. The highest BCUT2D eigenvalue weighted by Crippen LogP contribution is 2.28. The maximum atomic E-state index is 3.83. The highest BCUT2D eigenvalue weighted by atomic mass is 15.2. The maximum Gasteiger partial charge on any atom is 0.0237 e. The van der Waals surface area contributed by atoms with E-state index in [1.807, 2.05) is 0 Å². The molecule has 4 heterocycles. The van der Waals surface area contributed by atoms with E-state index in [2.05, 4.69) is 20.9 Å². The van der Waals surface area contributed by atoms with Crippen molar-refractivity contribution < 1.29 is 0 Å². The maximum absolute atomic E-state index is 3.83. The molecule has 0 aromatic rings. The molecule has 96 valence electrons. The molecule has 0 radical (unpaired) electrons. The second-order valence-electron chi connectivity index (χ2n) is 6.45. The smallest absolute Gasteiger partial charge is 0.0237 e. The van der Waals surface area contributed by atoms with Crippen LogP contribution in [0.5, 0.6) is 0 Å². The molecule has 17 heavy (non-hydrogen) atoms. The van der Waals surface area contributed by atoms with Gasteiger partial charge in [0.1, 0.15) is 0 Å². The van der Waals surface area contributed by atoms with Crippen LogP contribution in [0.3, 0.4) is 0 Å². The molecule has 0 spiro atoms. The van der Waals surface area contributed by atoms with Gasteiger partial charge in [0.25, 0.3) is 0 Å². The lowest BCUT2D eigenvalue weighted by molar-refractivity contribution is 0.278. The van der Waals surface area contributed by atoms with E-state index in [1.165, 1.54) is 52.1 Å². The average Bonchev–Trinajstić information content (AvgIpc) is 2.93. The average molecular weight is 236 g/mol. The normalized spacial score (nSPS) is 49.8. The van der Waals surface area contributed by atoms with Gasteiger partial charge in [-0.05, 0) is 44.3 Å². The third kappa shape index (κ3) is 1.91. The minimum absolute atomic E-state index is 0.740. The van der Waals surface area contributed by atoms with Gasteiger partial charge in [-0.15, -0.1) is 0 Å². The molecule has 4 aliphatic heterocycles. The Morgan fingerprint density at radius 2 is 1.88 bits per heavy atom. The van der Waals surface area contributed by atoms with E-state index in [0.29, 0.717) is 0 Å². The number of likely N-dealkylation sites (tertiary alicyclic amines) is 1. The second-order valence-corrected chi connectivity index (χ2v) is 6.45. The van der Waals surface area contributed by atoms with E-state index in [0.717, 1.165) is 30.0 Å². The van der Waals surface area contributed by atoms with Crippen molar-refractivity contribution in [3.8, 4) is 0 Å². The monoisotopic (exact) mass is 236 g/mol. The standard InChI is InChI=1S/C13H24N4/c1-2-15-13-3-11(16-12(1)13)8-17-6-9-4-14-5-10(9)7-17/h9-16H,1-8H2. The number of nitrogens with one attached hydrogen (secondary N) is 3. The summed E-state index contributed by atoms with van der Waals surface area (Å²) in [5.41, 5.74) is 0. The van der Waals surface area contributed by atoms with Crippen LogP contribution >= 0.6 is 0 Å². The lowest BCUT2D eigenvalue weighted by Crippen LogP contribution is -2.40. The summed E-state index contributed by atoms with van der Waals surface area (Å²) in [4.78, 5) is 2.70. The SMILES string of the molecule is C1CC2NC(CN3CC4CNCC4C3)CC2N1. The van der Waals surface area contributed by atoms with Crippen LogP contribution in [-0.4, -0.2) is 62.3 Å². The van der Waals surface area contributed by atoms with Crippen molar-refractivity contribution in [1.29, 1.82) is 0 Å². The molecule has 4 nitrogen and oxygen atoms in total. The number of nitrogens with zero attached hydrogens (tertiary/aromatic N) is 1. The first-order valence-electron chi connectivity index (χ1n) is 7.31. The molecular formula is C13H24N4. The number of hydrogen-bond acceptors (Lipinski definition) is 4. The van der Waals surface area contributed by atoms with E-state index >= 15 is 0 Å². The quantitative estimate of drug-likeness (QED) is 0.589. The predicted octanol–water partition coefficient (Wildman–Crippen LogP) is -0.770. The Bertz CT molecular complexity index is 243. The Morgan fingerprint density at radius 3 is 2.65 bits per heavy atom. The fraction of sp³-hybridized carbons (Fsp3) is 1.00. The van der Waals surface area contributed by atoms with Gasteiger partial charge in [0.2, 0.25) is 0 Å². The first-order chi connectivity index (χ1) is 8.38. The van der Waals surface area contributed by atoms with E-state index in [4.69, 9.17) is 0 Å². The van der Waals surface area contributed by atoms with Gasteiger partial charge in [-0.3, -0.25) is 0 Å². The van der Waals surface area contributed by atoms with Crippen LogP contribution in [0.2, 0.25) is 0 Å². The zero-order chi connectivity index (χ0) is 11.2.